The monoisotopic (exact) mass is 572 g/mol. The molecule has 2 aromatic carbocycles. The second-order valence-electron chi connectivity index (χ2n) is 9.03. The SMILES string of the molecule is CN(C)[C@H]1CN(c2cccc(C(F)(F)F)c2)CC[C@@H]1Nc1cc(F)c(S(=O)(=O)Nc2ccncn2)cc1Cl. The summed E-state index contributed by atoms with van der Waals surface area (Å²) in [5.74, 6) is -1.04. The molecule has 1 saturated heterocycles. The Labute approximate surface area is 222 Å². The molecule has 0 aliphatic carbocycles. The summed E-state index contributed by atoms with van der Waals surface area (Å²) < 4.78 is 82.2. The molecule has 1 aliphatic heterocycles. The molecule has 1 fully saturated rings. The molecule has 204 valence electrons. The first-order valence-corrected chi connectivity index (χ1v) is 13.3. The lowest BCUT2D eigenvalue weighted by Gasteiger charge is -2.43. The molecule has 1 aromatic heterocycles. The van der Waals surface area contributed by atoms with Gasteiger partial charge in [0.25, 0.3) is 10.0 Å². The van der Waals surface area contributed by atoms with Crippen molar-refractivity contribution in [2.45, 2.75) is 29.6 Å². The fourth-order valence-corrected chi connectivity index (χ4v) is 5.70. The van der Waals surface area contributed by atoms with Crippen molar-refractivity contribution in [1.82, 2.24) is 14.9 Å². The number of aromatic nitrogens is 2. The standard InChI is InChI=1S/C24H25ClF4N6O2S/c1-34(2)21-13-35(16-5-3-4-15(10-16)24(27,28)29)9-7-19(21)32-20-12-18(26)22(11-17(20)25)38(36,37)33-23-6-8-30-14-31-23/h3-6,8,10-12,14,19,21,32H,7,9,13H2,1-2H3,(H,30,31,33)/t19-,21-/m0/s1. The first-order valence-electron chi connectivity index (χ1n) is 11.5. The van der Waals surface area contributed by atoms with Crippen LogP contribution in [0.2, 0.25) is 5.02 Å². The number of halogens is 5. The minimum Gasteiger partial charge on any atom is -0.379 e. The molecule has 4 rings (SSSR count). The molecule has 3 aromatic rings. The van der Waals surface area contributed by atoms with E-state index in [0.29, 0.717) is 25.2 Å². The van der Waals surface area contributed by atoms with Crippen molar-refractivity contribution in [1.29, 1.82) is 0 Å². The van der Waals surface area contributed by atoms with Crippen LogP contribution in [-0.4, -0.2) is 62.6 Å². The van der Waals surface area contributed by atoms with Crippen LogP contribution < -0.4 is 14.9 Å². The number of nitrogens with zero attached hydrogens (tertiary/aromatic N) is 4. The van der Waals surface area contributed by atoms with E-state index in [2.05, 4.69) is 20.0 Å². The fraction of sp³-hybridized carbons (Fsp3) is 0.333. The van der Waals surface area contributed by atoms with Crippen LogP contribution in [0.4, 0.5) is 34.8 Å². The topological polar surface area (TPSA) is 90.5 Å². The van der Waals surface area contributed by atoms with Crippen molar-refractivity contribution in [2.75, 3.05) is 42.1 Å². The van der Waals surface area contributed by atoms with Gasteiger partial charge in [-0.2, -0.15) is 13.2 Å². The van der Waals surface area contributed by atoms with Gasteiger partial charge in [0, 0.05) is 37.1 Å². The highest BCUT2D eigenvalue weighted by Crippen LogP contribution is 2.34. The maximum absolute atomic E-state index is 15.0. The average molecular weight is 573 g/mol. The van der Waals surface area contributed by atoms with Gasteiger partial charge >= 0.3 is 6.18 Å². The van der Waals surface area contributed by atoms with Crippen LogP contribution in [0.1, 0.15) is 12.0 Å². The van der Waals surface area contributed by atoms with Crippen molar-refractivity contribution < 1.29 is 26.0 Å². The minimum atomic E-state index is -4.44. The van der Waals surface area contributed by atoms with Gasteiger partial charge in [0.2, 0.25) is 0 Å². The second kappa shape index (κ2) is 10.9. The summed E-state index contributed by atoms with van der Waals surface area (Å²) in [7, 11) is -0.637. The molecule has 14 heteroatoms. The van der Waals surface area contributed by atoms with Gasteiger partial charge in [-0.3, -0.25) is 4.72 Å². The highest BCUT2D eigenvalue weighted by Gasteiger charge is 2.34. The predicted octanol–water partition coefficient (Wildman–Crippen LogP) is 4.71. The summed E-state index contributed by atoms with van der Waals surface area (Å²) in [5, 5.41) is 3.19. The van der Waals surface area contributed by atoms with Crippen LogP contribution in [0.15, 0.2) is 59.9 Å². The average Bonchev–Trinajstić information content (AvgIpc) is 2.86. The molecule has 2 heterocycles. The normalized spacial score (nSPS) is 18.5. The molecule has 0 amide bonds. The third-order valence-corrected chi connectivity index (χ3v) is 7.94. The number of nitrogens with one attached hydrogen (secondary N) is 2. The van der Waals surface area contributed by atoms with E-state index in [1.54, 1.807) is 6.07 Å². The number of alkyl halides is 3. The number of hydrogen-bond acceptors (Lipinski definition) is 7. The summed E-state index contributed by atoms with van der Waals surface area (Å²) in [6, 6.07) is 8.10. The Morgan fingerprint density at radius 1 is 1.16 bits per heavy atom. The molecule has 1 aliphatic rings. The summed E-state index contributed by atoms with van der Waals surface area (Å²) in [6.45, 7) is 0.847. The Morgan fingerprint density at radius 2 is 1.92 bits per heavy atom. The van der Waals surface area contributed by atoms with E-state index in [0.717, 1.165) is 30.6 Å². The highest BCUT2D eigenvalue weighted by molar-refractivity contribution is 7.92. The minimum absolute atomic E-state index is 0.00715. The fourth-order valence-electron chi connectivity index (χ4n) is 4.33. The zero-order valence-electron chi connectivity index (χ0n) is 20.4. The van der Waals surface area contributed by atoms with E-state index in [-0.39, 0.29) is 28.6 Å². The van der Waals surface area contributed by atoms with Crippen LogP contribution in [-0.2, 0) is 16.2 Å². The zero-order valence-corrected chi connectivity index (χ0v) is 21.9. The summed E-state index contributed by atoms with van der Waals surface area (Å²) in [5.41, 5.74) is -0.0578. The van der Waals surface area contributed by atoms with Crippen LogP contribution in [0.25, 0.3) is 0 Å². The maximum Gasteiger partial charge on any atom is 0.416 e. The predicted molar refractivity (Wildman–Crippen MR) is 137 cm³/mol. The first-order chi connectivity index (χ1) is 17.8. The Balaban J connectivity index is 1.52. The van der Waals surface area contributed by atoms with E-state index < -0.39 is 32.5 Å². The van der Waals surface area contributed by atoms with E-state index >= 15 is 0 Å². The quantitative estimate of drug-likeness (QED) is 0.396. The van der Waals surface area contributed by atoms with Gasteiger partial charge in [-0.05, 0) is 56.9 Å². The molecular formula is C24H25ClF4N6O2S. The molecule has 0 radical (unpaired) electrons. The van der Waals surface area contributed by atoms with Crippen molar-refractivity contribution in [3.8, 4) is 0 Å². The van der Waals surface area contributed by atoms with Crippen LogP contribution in [0.3, 0.4) is 0 Å². The van der Waals surface area contributed by atoms with Crippen molar-refractivity contribution in [3.63, 3.8) is 0 Å². The largest absolute Gasteiger partial charge is 0.416 e. The smallest absolute Gasteiger partial charge is 0.379 e. The van der Waals surface area contributed by atoms with Gasteiger partial charge in [0.15, 0.2) is 0 Å². The molecule has 8 nitrogen and oxygen atoms in total. The third-order valence-electron chi connectivity index (χ3n) is 6.26. The number of benzene rings is 2. The van der Waals surface area contributed by atoms with E-state index in [4.69, 9.17) is 11.6 Å². The van der Waals surface area contributed by atoms with Crippen molar-refractivity contribution in [2.24, 2.45) is 0 Å². The van der Waals surface area contributed by atoms with Gasteiger partial charge in [-0.1, -0.05) is 17.7 Å². The first kappa shape index (κ1) is 27.9. The molecule has 38 heavy (non-hydrogen) atoms. The lowest BCUT2D eigenvalue weighted by Crippen LogP contribution is -2.56. The Morgan fingerprint density at radius 3 is 2.58 bits per heavy atom. The lowest BCUT2D eigenvalue weighted by atomic mass is 9.97. The van der Waals surface area contributed by atoms with E-state index in [9.17, 15) is 26.0 Å². The summed E-state index contributed by atoms with van der Waals surface area (Å²) in [4.78, 5) is 10.6. The molecule has 0 spiro atoms. The molecular weight excluding hydrogens is 548 g/mol. The number of sulfonamides is 1. The number of piperidine rings is 1. The van der Waals surface area contributed by atoms with Gasteiger partial charge in [0.1, 0.15) is 22.9 Å². The number of hydrogen-bond donors (Lipinski definition) is 2. The number of anilines is 3. The maximum atomic E-state index is 15.0. The third kappa shape index (κ3) is 6.27. The van der Waals surface area contributed by atoms with E-state index in [1.165, 1.54) is 18.3 Å². The molecule has 2 atom stereocenters. The Hall–Kier alpha value is -3.16. The summed E-state index contributed by atoms with van der Waals surface area (Å²) >= 11 is 6.36. The van der Waals surface area contributed by atoms with Crippen LogP contribution in [0, 0.1) is 5.82 Å². The summed E-state index contributed by atoms with van der Waals surface area (Å²) in [6.07, 6.45) is -1.46. The number of likely N-dealkylation sites (N-methyl/N-ethyl adjacent to an activating group) is 1. The van der Waals surface area contributed by atoms with E-state index in [1.807, 2.05) is 23.9 Å². The lowest BCUT2D eigenvalue weighted by molar-refractivity contribution is -0.137. The molecule has 0 unspecified atom stereocenters. The van der Waals surface area contributed by atoms with Gasteiger partial charge < -0.3 is 15.1 Å². The highest BCUT2D eigenvalue weighted by atomic mass is 35.5. The van der Waals surface area contributed by atoms with Crippen molar-refractivity contribution in [3.05, 3.63) is 71.4 Å². The van der Waals surface area contributed by atoms with Crippen molar-refractivity contribution >= 4 is 38.8 Å². The Kier molecular flexibility index (Phi) is 8.00. The van der Waals surface area contributed by atoms with Gasteiger partial charge in [-0.25, -0.2) is 22.8 Å². The second-order valence-corrected chi connectivity index (χ2v) is 11.1. The van der Waals surface area contributed by atoms with Crippen LogP contribution in [0.5, 0.6) is 0 Å². The zero-order chi connectivity index (χ0) is 27.7. The molecule has 0 bridgehead atoms. The molecule has 2 N–H and O–H groups in total. The number of rotatable bonds is 7. The van der Waals surface area contributed by atoms with Gasteiger partial charge in [0.05, 0.1) is 16.3 Å². The molecule has 0 saturated carbocycles. The van der Waals surface area contributed by atoms with Crippen LogP contribution >= 0.6 is 11.6 Å². The Bertz CT molecular complexity index is 1390. The van der Waals surface area contributed by atoms with Gasteiger partial charge in [-0.15, -0.1) is 0 Å².